The van der Waals surface area contributed by atoms with E-state index in [2.05, 4.69) is 0 Å². The number of carboxylic acid groups (broad SMARTS) is 1. The van der Waals surface area contributed by atoms with E-state index >= 15 is 0 Å². The van der Waals surface area contributed by atoms with E-state index in [1.807, 2.05) is 6.92 Å². The Hall–Kier alpha value is -1.07. The molecule has 1 aliphatic rings. The first-order valence-corrected chi connectivity index (χ1v) is 8.43. The van der Waals surface area contributed by atoms with Crippen LogP contribution in [-0.2, 0) is 14.6 Å². The number of hydrogen-bond acceptors (Lipinski definition) is 3. The molecule has 0 aliphatic heterocycles. The summed E-state index contributed by atoms with van der Waals surface area (Å²) in [6, 6.07) is 5.67. The van der Waals surface area contributed by atoms with Crippen LogP contribution in [0.2, 0.25) is 5.02 Å². The molecule has 20 heavy (non-hydrogen) atoms. The van der Waals surface area contributed by atoms with Crippen molar-refractivity contribution in [2.45, 2.75) is 42.2 Å². The normalized spacial score (nSPS) is 26.0. The van der Waals surface area contributed by atoms with Gasteiger partial charge in [0.05, 0.1) is 4.90 Å². The van der Waals surface area contributed by atoms with Crippen LogP contribution in [0, 0.1) is 5.92 Å². The van der Waals surface area contributed by atoms with Gasteiger partial charge in [0.1, 0.15) is 0 Å². The van der Waals surface area contributed by atoms with Crippen molar-refractivity contribution in [3.8, 4) is 0 Å². The van der Waals surface area contributed by atoms with Gasteiger partial charge in [0.2, 0.25) is 0 Å². The van der Waals surface area contributed by atoms with Gasteiger partial charge in [-0.3, -0.25) is 4.79 Å². The number of rotatable bonds is 5. The molecule has 0 heterocycles. The van der Waals surface area contributed by atoms with E-state index in [-0.39, 0.29) is 23.7 Å². The Bertz CT molecular complexity index is 601. The van der Waals surface area contributed by atoms with Crippen molar-refractivity contribution in [3.63, 3.8) is 0 Å². The minimum Gasteiger partial charge on any atom is -0.480 e. The highest BCUT2D eigenvalue weighted by atomic mass is 35.5. The van der Waals surface area contributed by atoms with Gasteiger partial charge in [-0.1, -0.05) is 31.4 Å². The molecule has 1 aromatic rings. The number of hydrogen-bond donors (Lipinski definition) is 1. The van der Waals surface area contributed by atoms with Gasteiger partial charge in [0, 0.05) is 5.02 Å². The zero-order chi connectivity index (χ0) is 15.0. The van der Waals surface area contributed by atoms with E-state index in [9.17, 15) is 18.3 Å². The Kier molecular flexibility index (Phi) is 4.12. The van der Waals surface area contributed by atoms with Gasteiger partial charge >= 0.3 is 5.97 Å². The molecule has 4 nitrogen and oxygen atoms in total. The molecule has 0 atom stereocenters. The molecule has 1 N–H and O–H groups in total. The lowest BCUT2D eigenvalue weighted by atomic mass is 9.72. The molecule has 0 amide bonds. The minimum atomic E-state index is -3.89. The first kappa shape index (κ1) is 15.3. The van der Waals surface area contributed by atoms with Gasteiger partial charge in [-0.25, -0.2) is 8.42 Å². The summed E-state index contributed by atoms with van der Waals surface area (Å²) in [5.74, 6) is -1.07. The molecule has 1 saturated carbocycles. The van der Waals surface area contributed by atoms with Crippen LogP contribution in [0.4, 0.5) is 0 Å². The molecule has 0 unspecified atom stereocenters. The number of sulfone groups is 1. The topological polar surface area (TPSA) is 71.4 Å². The summed E-state index contributed by atoms with van der Waals surface area (Å²) in [5, 5.41) is 9.84. The molecule has 6 heteroatoms. The third-order valence-corrected chi connectivity index (χ3v) is 6.64. The van der Waals surface area contributed by atoms with Crippen LogP contribution in [0.15, 0.2) is 29.2 Å². The summed E-state index contributed by atoms with van der Waals surface area (Å²) < 4.78 is 23.6. The van der Waals surface area contributed by atoms with Gasteiger partial charge < -0.3 is 5.11 Å². The maximum absolute atomic E-state index is 12.6. The quantitative estimate of drug-likeness (QED) is 0.905. The van der Waals surface area contributed by atoms with Gasteiger partial charge in [-0.05, 0) is 43.0 Å². The maximum atomic E-state index is 12.6. The summed E-state index contributed by atoms with van der Waals surface area (Å²) in [6.07, 6.45) is 2.19. The summed E-state index contributed by atoms with van der Waals surface area (Å²) in [7, 11) is -3.89. The van der Waals surface area contributed by atoms with Crippen LogP contribution >= 0.6 is 11.6 Å². The van der Waals surface area contributed by atoms with Gasteiger partial charge in [0.25, 0.3) is 0 Å². The number of aliphatic carboxylic acids is 1. The predicted octanol–water partition coefficient (Wildman–Crippen LogP) is 3.15. The summed E-state index contributed by atoms with van der Waals surface area (Å²) in [5.41, 5.74) is 0. The number of benzene rings is 1. The summed E-state index contributed by atoms with van der Waals surface area (Å²) in [4.78, 5) is 11.6. The zero-order valence-corrected chi connectivity index (χ0v) is 12.7. The van der Waals surface area contributed by atoms with Crippen LogP contribution in [0.5, 0.6) is 0 Å². The van der Waals surface area contributed by atoms with Gasteiger partial charge in [-0.2, -0.15) is 0 Å². The Balaban J connectivity index is 2.35. The van der Waals surface area contributed by atoms with Gasteiger partial charge in [0.15, 0.2) is 14.6 Å². The van der Waals surface area contributed by atoms with E-state index < -0.39 is 20.6 Å². The molecule has 110 valence electrons. The van der Waals surface area contributed by atoms with Crippen molar-refractivity contribution >= 4 is 27.4 Å². The average molecular weight is 317 g/mol. The van der Waals surface area contributed by atoms with E-state index in [1.54, 1.807) is 0 Å². The monoisotopic (exact) mass is 316 g/mol. The first-order chi connectivity index (χ1) is 9.33. The highest BCUT2D eigenvalue weighted by molar-refractivity contribution is 7.93. The maximum Gasteiger partial charge on any atom is 0.325 e. The lowest BCUT2D eigenvalue weighted by Gasteiger charge is -2.43. The molecule has 2 rings (SSSR count). The van der Waals surface area contributed by atoms with Crippen molar-refractivity contribution in [2.75, 3.05) is 0 Å². The second-order valence-electron chi connectivity index (χ2n) is 5.32. The molecular formula is C14H17ClO4S. The van der Waals surface area contributed by atoms with Crippen LogP contribution in [0.25, 0.3) is 0 Å². The molecule has 1 aliphatic carbocycles. The molecule has 0 aromatic heterocycles. The largest absolute Gasteiger partial charge is 0.480 e. The Morgan fingerprint density at radius 1 is 1.35 bits per heavy atom. The van der Waals surface area contributed by atoms with E-state index in [1.165, 1.54) is 24.3 Å². The highest BCUT2D eigenvalue weighted by Crippen LogP contribution is 2.48. The molecule has 0 bridgehead atoms. The van der Waals surface area contributed by atoms with E-state index in [0.29, 0.717) is 5.02 Å². The number of halogens is 1. The molecule has 0 spiro atoms. The van der Waals surface area contributed by atoms with E-state index in [4.69, 9.17) is 11.6 Å². The Morgan fingerprint density at radius 2 is 1.90 bits per heavy atom. The SMILES string of the molecule is CCCC1CC(C(=O)O)(S(=O)(=O)c2ccc(Cl)cc2)C1. The second-order valence-corrected chi connectivity index (χ2v) is 8.02. The lowest BCUT2D eigenvalue weighted by Crippen LogP contribution is -2.56. The standard InChI is InChI=1S/C14H17ClO4S/c1-2-3-10-8-14(9-10,13(16)17)20(18,19)12-6-4-11(15)5-7-12/h4-7,10H,2-3,8-9H2,1H3,(H,16,17). The molecule has 1 fully saturated rings. The third kappa shape index (κ3) is 2.33. The zero-order valence-electron chi connectivity index (χ0n) is 11.2. The fourth-order valence-electron chi connectivity index (χ4n) is 2.83. The first-order valence-electron chi connectivity index (χ1n) is 6.57. The van der Waals surface area contributed by atoms with Crippen molar-refractivity contribution in [2.24, 2.45) is 5.92 Å². The smallest absolute Gasteiger partial charge is 0.325 e. The van der Waals surface area contributed by atoms with Crippen molar-refractivity contribution in [3.05, 3.63) is 29.3 Å². The van der Waals surface area contributed by atoms with Crippen molar-refractivity contribution < 1.29 is 18.3 Å². The molecule has 0 saturated heterocycles. The number of carboxylic acids is 1. The third-order valence-electron chi connectivity index (χ3n) is 3.96. The van der Waals surface area contributed by atoms with Crippen molar-refractivity contribution in [1.82, 2.24) is 0 Å². The second kappa shape index (κ2) is 5.37. The molecule has 0 radical (unpaired) electrons. The lowest BCUT2D eigenvalue weighted by molar-refractivity contribution is -0.144. The summed E-state index contributed by atoms with van der Waals surface area (Å²) in [6.45, 7) is 2.01. The number of carbonyl (C=O) groups is 1. The highest BCUT2D eigenvalue weighted by Gasteiger charge is 2.59. The van der Waals surface area contributed by atoms with Crippen LogP contribution in [-0.4, -0.2) is 24.2 Å². The van der Waals surface area contributed by atoms with E-state index in [0.717, 1.165) is 12.8 Å². The fraction of sp³-hybridized carbons (Fsp3) is 0.500. The van der Waals surface area contributed by atoms with Gasteiger partial charge in [-0.15, -0.1) is 0 Å². The average Bonchev–Trinajstić information content (AvgIpc) is 2.32. The minimum absolute atomic E-state index is 0.0271. The summed E-state index contributed by atoms with van der Waals surface area (Å²) >= 11 is 5.74. The molecule has 1 aromatic carbocycles. The Labute approximate surface area is 123 Å². The van der Waals surface area contributed by atoms with Crippen LogP contribution in [0.3, 0.4) is 0 Å². The predicted molar refractivity (Wildman–Crippen MR) is 76.6 cm³/mol. The van der Waals surface area contributed by atoms with Crippen molar-refractivity contribution in [1.29, 1.82) is 0 Å². The van der Waals surface area contributed by atoms with Crippen LogP contribution < -0.4 is 0 Å². The van der Waals surface area contributed by atoms with Crippen LogP contribution in [0.1, 0.15) is 32.6 Å². The molecular weight excluding hydrogens is 300 g/mol. The Morgan fingerprint density at radius 3 is 2.35 bits per heavy atom. The fourth-order valence-corrected chi connectivity index (χ4v) is 5.05.